The van der Waals surface area contributed by atoms with E-state index in [1.165, 1.54) is 16.8 Å². The minimum absolute atomic E-state index is 0.217. The van der Waals surface area contributed by atoms with Crippen molar-refractivity contribution in [3.05, 3.63) is 58.8 Å². The number of piperazine rings is 1. The fraction of sp³-hybridized carbons (Fsp3) is 0.417. The molecular formula is C24H27F3N4O2. The Hall–Kier alpha value is -2.91. The summed E-state index contributed by atoms with van der Waals surface area (Å²) in [6, 6.07) is 7.01. The van der Waals surface area contributed by atoms with E-state index in [-0.39, 0.29) is 11.3 Å². The first kappa shape index (κ1) is 23.3. The van der Waals surface area contributed by atoms with Crippen LogP contribution in [0.25, 0.3) is 21.9 Å². The summed E-state index contributed by atoms with van der Waals surface area (Å²) in [5.41, 5.74) is 1.43. The topological polar surface area (TPSA) is 50.6 Å². The molecule has 0 radical (unpaired) electrons. The van der Waals surface area contributed by atoms with Crippen molar-refractivity contribution in [1.82, 2.24) is 19.4 Å². The molecule has 0 aliphatic carbocycles. The summed E-state index contributed by atoms with van der Waals surface area (Å²) in [7, 11) is 1.61. The van der Waals surface area contributed by atoms with Gasteiger partial charge in [-0.1, -0.05) is 12.1 Å². The minimum atomic E-state index is -4.81. The largest absolute Gasteiger partial charge is 0.573 e. The van der Waals surface area contributed by atoms with Crippen molar-refractivity contribution in [2.24, 2.45) is 7.05 Å². The van der Waals surface area contributed by atoms with Gasteiger partial charge in [0.05, 0.1) is 5.39 Å². The number of alkyl halides is 3. The van der Waals surface area contributed by atoms with Gasteiger partial charge in [-0.05, 0) is 36.9 Å². The zero-order chi connectivity index (χ0) is 23.8. The van der Waals surface area contributed by atoms with Crippen LogP contribution in [0.1, 0.15) is 19.4 Å². The highest BCUT2D eigenvalue weighted by Crippen LogP contribution is 2.34. The maximum atomic E-state index is 13.2. The first-order valence-corrected chi connectivity index (χ1v) is 10.9. The third-order valence-corrected chi connectivity index (χ3v) is 6.12. The van der Waals surface area contributed by atoms with E-state index in [0.29, 0.717) is 40.0 Å². The summed E-state index contributed by atoms with van der Waals surface area (Å²) in [4.78, 5) is 21.0. The van der Waals surface area contributed by atoms with E-state index in [9.17, 15) is 18.0 Å². The molecule has 1 aliphatic heterocycles. The summed E-state index contributed by atoms with van der Waals surface area (Å²) in [6.07, 6.45) is -0.148. The predicted octanol–water partition coefficient (Wildman–Crippen LogP) is 4.03. The Labute approximate surface area is 190 Å². The number of fused-ring (bicyclic) bond motifs is 1. The van der Waals surface area contributed by atoms with E-state index in [2.05, 4.69) is 33.4 Å². The number of benzene rings is 1. The Morgan fingerprint density at radius 2 is 1.82 bits per heavy atom. The quantitative estimate of drug-likeness (QED) is 0.576. The van der Waals surface area contributed by atoms with Gasteiger partial charge in [-0.3, -0.25) is 19.6 Å². The number of halogens is 3. The summed E-state index contributed by atoms with van der Waals surface area (Å²) in [5, 5.41) is 1.03. The second-order valence-electron chi connectivity index (χ2n) is 8.66. The van der Waals surface area contributed by atoms with Crippen LogP contribution in [-0.2, 0) is 13.6 Å². The van der Waals surface area contributed by atoms with Crippen LogP contribution in [0.4, 0.5) is 13.2 Å². The third-order valence-electron chi connectivity index (χ3n) is 6.12. The number of rotatable bonds is 5. The van der Waals surface area contributed by atoms with Gasteiger partial charge in [-0.25, -0.2) is 0 Å². The molecule has 0 amide bonds. The number of hydrogen-bond donors (Lipinski definition) is 0. The van der Waals surface area contributed by atoms with E-state index in [1.807, 2.05) is 0 Å². The molecule has 0 bridgehead atoms. The highest BCUT2D eigenvalue weighted by atomic mass is 19.4. The van der Waals surface area contributed by atoms with Gasteiger partial charge in [0, 0.05) is 75.5 Å². The van der Waals surface area contributed by atoms with Crippen molar-refractivity contribution in [3.8, 4) is 16.9 Å². The molecule has 1 fully saturated rings. The number of nitrogens with zero attached hydrogens (tertiary/aromatic N) is 4. The van der Waals surface area contributed by atoms with Crippen LogP contribution in [-0.4, -0.2) is 57.9 Å². The first-order valence-electron chi connectivity index (χ1n) is 10.9. The second-order valence-corrected chi connectivity index (χ2v) is 8.66. The summed E-state index contributed by atoms with van der Waals surface area (Å²) in [5.74, 6) is -0.220. The van der Waals surface area contributed by atoms with Gasteiger partial charge < -0.3 is 9.30 Å². The Kier molecular flexibility index (Phi) is 6.45. The molecule has 0 N–H and O–H groups in total. The normalized spacial score (nSPS) is 16.0. The van der Waals surface area contributed by atoms with Gasteiger partial charge in [0.25, 0.3) is 5.56 Å². The maximum absolute atomic E-state index is 13.2. The van der Waals surface area contributed by atoms with Crippen molar-refractivity contribution in [1.29, 1.82) is 0 Å². The molecule has 176 valence electrons. The zero-order valence-electron chi connectivity index (χ0n) is 18.9. The fourth-order valence-corrected chi connectivity index (χ4v) is 4.29. The molecule has 2 aromatic heterocycles. The highest BCUT2D eigenvalue weighted by Gasteiger charge is 2.33. The molecule has 0 unspecified atom stereocenters. The van der Waals surface area contributed by atoms with Crippen LogP contribution in [0.3, 0.4) is 0 Å². The van der Waals surface area contributed by atoms with Gasteiger partial charge in [0.1, 0.15) is 5.75 Å². The minimum Gasteiger partial charge on any atom is -0.405 e. The Morgan fingerprint density at radius 1 is 1.09 bits per heavy atom. The van der Waals surface area contributed by atoms with E-state index >= 15 is 0 Å². The van der Waals surface area contributed by atoms with Crippen LogP contribution in [0.15, 0.2) is 47.7 Å². The number of aryl methyl sites for hydroxylation is 1. The van der Waals surface area contributed by atoms with Crippen LogP contribution >= 0.6 is 0 Å². The lowest BCUT2D eigenvalue weighted by Gasteiger charge is -2.37. The summed E-state index contributed by atoms with van der Waals surface area (Å²) in [6.45, 7) is 7.97. The highest BCUT2D eigenvalue weighted by molar-refractivity contribution is 5.95. The van der Waals surface area contributed by atoms with Crippen molar-refractivity contribution in [3.63, 3.8) is 0 Å². The standard InChI is InChI=1S/C24H27F3N4O2/c1-16(2)31-10-8-30(9-11-31)14-18-5-4-17(12-22(18)33-24(25,26)27)21-15-29(3)23(32)20-13-28-7-6-19(20)21/h4-7,12-13,15-16H,8-11,14H2,1-3H3. The smallest absolute Gasteiger partial charge is 0.405 e. The van der Waals surface area contributed by atoms with Crippen LogP contribution < -0.4 is 10.3 Å². The molecule has 6 nitrogen and oxygen atoms in total. The van der Waals surface area contributed by atoms with Gasteiger partial charge in [0.2, 0.25) is 0 Å². The molecular weight excluding hydrogens is 433 g/mol. The molecule has 1 aliphatic rings. The third kappa shape index (κ3) is 5.20. The molecule has 4 rings (SSSR count). The lowest BCUT2D eigenvalue weighted by Crippen LogP contribution is -2.48. The molecule has 9 heteroatoms. The van der Waals surface area contributed by atoms with Gasteiger partial charge in [-0.15, -0.1) is 13.2 Å². The average molecular weight is 461 g/mol. The fourth-order valence-electron chi connectivity index (χ4n) is 4.29. The van der Waals surface area contributed by atoms with Gasteiger partial charge in [0.15, 0.2) is 0 Å². The Bertz CT molecular complexity index is 1200. The van der Waals surface area contributed by atoms with Crippen molar-refractivity contribution >= 4 is 10.8 Å². The second kappa shape index (κ2) is 9.15. The van der Waals surface area contributed by atoms with Gasteiger partial charge in [-0.2, -0.15) is 0 Å². The van der Waals surface area contributed by atoms with E-state index in [0.717, 1.165) is 26.2 Å². The molecule has 0 spiro atoms. The van der Waals surface area contributed by atoms with E-state index < -0.39 is 6.36 Å². The Morgan fingerprint density at radius 3 is 2.48 bits per heavy atom. The summed E-state index contributed by atoms with van der Waals surface area (Å²) < 4.78 is 45.6. The number of pyridine rings is 2. The lowest BCUT2D eigenvalue weighted by atomic mass is 9.99. The molecule has 33 heavy (non-hydrogen) atoms. The van der Waals surface area contributed by atoms with Crippen LogP contribution in [0.5, 0.6) is 5.75 Å². The van der Waals surface area contributed by atoms with Crippen LogP contribution in [0.2, 0.25) is 0 Å². The molecule has 1 aromatic carbocycles. The molecule has 0 atom stereocenters. The molecule has 1 saturated heterocycles. The molecule has 3 heterocycles. The molecule has 3 aromatic rings. The average Bonchev–Trinajstić information content (AvgIpc) is 2.77. The lowest BCUT2D eigenvalue weighted by molar-refractivity contribution is -0.275. The summed E-state index contributed by atoms with van der Waals surface area (Å²) >= 11 is 0. The van der Waals surface area contributed by atoms with Crippen molar-refractivity contribution in [2.75, 3.05) is 26.2 Å². The maximum Gasteiger partial charge on any atom is 0.573 e. The number of aromatic nitrogens is 2. The van der Waals surface area contributed by atoms with Gasteiger partial charge >= 0.3 is 6.36 Å². The SMILES string of the molecule is CC(C)N1CCN(Cc2ccc(-c3cn(C)c(=O)c4cnccc34)cc2OC(F)(F)F)CC1. The first-order chi connectivity index (χ1) is 15.6. The van der Waals surface area contributed by atoms with Crippen molar-refractivity contribution < 1.29 is 17.9 Å². The Balaban J connectivity index is 1.70. The molecule has 0 saturated carbocycles. The van der Waals surface area contributed by atoms with Crippen molar-refractivity contribution in [2.45, 2.75) is 32.8 Å². The number of ether oxygens (including phenoxy) is 1. The number of hydrogen-bond acceptors (Lipinski definition) is 5. The monoisotopic (exact) mass is 460 g/mol. The zero-order valence-corrected chi connectivity index (χ0v) is 18.9. The predicted molar refractivity (Wildman–Crippen MR) is 121 cm³/mol. The van der Waals surface area contributed by atoms with Crippen LogP contribution in [0, 0.1) is 0 Å². The van der Waals surface area contributed by atoms with E-state index in [1.54, 1.807) is 37.6 Å². The van der Waals surface area contributed by atoms with E-state index in [4.69, 9.17) is 0 Å².